The molecule has 160 valence electrons. The second-order valence-electron chi connectivity index (χ2n) is 7.36. The zero-order valence-corrected chi connectivity index (χ0v) is 18.9. The van der Waals surface area contributed by atoms with Crippen LogP contribution in [0.2, 0.25) is 0 Å². The highest BCUT2D eigenvalue weighted by atomic mass is 32.1. The number of aryl methyl sites for hydroxylation is 1. The van der Waals surface area contributed by atoms with E-state index in [9.17, 15) is 0 Å². The second-order valence-corrected chi connectivity index (χ2v) is 8.39. The molecule has 2 aromatic heterocycles. The molecule has 3 rings (SSSR count). The van der Waals surface area contributed by atoms with E-state index in [1.807, 2.05) is 42.8 Å². The van der Waals surface area contributed by atoms with Gasteiger partial charge in [-0.25, -0.2) is 4.99 Å². The maximum Gasteiger partial charge on any atom is 0.191 e. The second kappa shape index (κ2) is 10.8. The minimum Gasteiger partial charge on any atom is -0.497 e. The standard InChI is InChI=1S/C22H30N6OS/c1-16(12-20-6-5-11-30-20)13-23-22(25-15-21-27-26-17(2)28(21)3)24-14-18-7-9-19(29-4)10-8-18/h5-11,16H,12-15H2,1-4H3,(H2,23,24,25). The van der Waals surface area contributed by atoms with Crippen LogP contribution in [-0.4, -0.2) is 34.4 Å². The third-order valence-electron chi connectivity index (χ3n) is 4.92. The number of nitrogens with one attached hydrogen (secondary N) is 2. The van der Waals surface area contributed by atoms with Crippen molar-refractivity contribution in [2.45, 2.75) is 33.4 Å². The number of hydrogen-bond donors (Lipinski definition) is 2. The van der Waals surface area contributed by atoms with Gasteiger partial charge in [0.15, 0.2) is 11.8 Å². The maximum absolute atomic E-state index is 5.23. The average molecular weight is 427 g/mol. The van der Waals surface area contributed by atoms with Crippen molar-refractivity contribution in [3.8, 4) is 5.75 Å². The average Bonchev–Trinajstić information content (AvgIpc) is 3.38. The zero-order valence-electron chi connectivity index (χ0n) is 18.1. The Morgan fingerprint density at radius 1 is 1.20 bits per heavy atom. The molecule has 3 aromatic rings. The highest BCUT2D eigenvalue weighted by Gasteiger charge is 2.09. The largest absolute Gasteiger partial charge is 0.497 e. The van der Waals surface area contributed by atoms with Crippen LogP contribution >= 0.6 is 11.3 Å². The molecule has 0 fully saturated rings. The number of aromatic nitrogens is 3. The summed E-state index contributed by atoms with van der Waals surface area (Å²) in [4.78, 5) is 6.17. The van der Waals surface area contributed by atoms with Crippen molar-refractivity contribution in [3.63, 3.8) is 0 Å². The van der Waals surface area contributed by atoms with Crippen LogP contribution in [0, 0.1) is 12.8 Å². The van der Waals surface area contributed by atoms with Crippen molar-refractivity contribution in [1.29, 1.82) is 0 Å². The number of methoxy groups -OCH3 is 1. The first-order valence-electron chi connectivity index (χ1n) is 10.1. The third kappa shape index (κ3) is 6.32. The maximum atomic E-state index is 5.23. The molecule has 2 N–H and O–H groups in total. The van der Waals surface area contributed by atoms with Gasteiger partial charge in [0.25, 0.3) is 0 Å². The van der Waals surface area contributed by atoms with Crippen LogP contribution < -0.4 is 15.4 Å². The lowest BCUT2D eigenvalue weighted by molar-refractivity contribution is 0.414. The first-order valence-corrected chi connectivity index (χ1v) is 11.0. The summed E-state index contributed by atoms with van der Waals surface area (Å²) in [6.07, 6.45) is 1.05. The van der Waals surface area contributed by atoms with E-state index >= 15 is 0 Å². The first kappa shape index (κ1) is 21.8. The molecule has 0 amide bonds. The number of rotatable bonds is 9. The molecule has 1 aromatic carbocycles. The summed E-state index contributed by atoms with van der Waals surface area (Å²) in [5.41, 5.74) is 1.12. The summed E-state index contributed by atoms with van der Waals surface area (Å²) >= 11 is 1.81. The van der Waals surface area contributed by atoms with E-state index in [0.29, 0.717) is 19.0 Å². The van der Waals surface area contributed by atoms with Gasteiger partial charge in [-0.3, -0.25) is 0 Å². The van der Waals surface area contributed by atoms with Crippen LogP contribution in [0.5, 0.6) is 5.75 Å². The Hall–Kier alpha value is -2.87. The fraction of sp³-hybridized carbons (Fsp3) is 0.409. The molecule has 0 saturated heterocycles. The Morgan fingerprint density at radius 3 is 2.63 bits per heavy atom. The van der Waals surface area contributed by atoms with Crippen molar-refractivity contribution >= 4 is 17.3 Å². The predicted molar refractivity (Wildman–Crippen MR) is 122 cm³/mol. The molecule has 1 unspecified atom stereocenters. The van der Waals surface area contributed by atoms with Gasteiger partial charge in [0.1, 0.15) is 11.6 Å². The van der Waals surface area contributed by atoms with Crippen LogP contribution in [0.3, 0.4) is 0 Å². The smallest absolute Gasteiger partial charge is 0.191 e. The molecule has 0 radical (unpaired) electrons. The van der Waals surface area contributed by atoms with Gasteiger partial charge in [-0.1, -0.05) is 25.1 Å². The molecule has 0 spiro atoms. The molecule has 30 heavy (non-hydrogen) atoms. The monoisotopic (exact) mass is 426 g/mol. The van der Waals surface area contributed by atoms with Gasteiger partial charge in [-0.05, 0) is 48.4 Å². The van der Waals surface area contributed by atoms with E-state index in [4.69, 9.17) is 9.73 Å². The van der Waals surface area contributed by atoms with Gasteiger partial charge in [-0.15, -0.1) is 21.5 Å². The Kier molecular flexibility index (Phi) is 7.84. The summed E-state index contributed by atoms with van der Waals surface area (Å²) < 4.78 is 7.21. The van der Waals surface area contributed by atoms with Crippen LogP contribution in [0.1, 0.15) is 29.0 Å². The van der Waals surface area contributed by atoms with E-state index < -0.39 is 0 Å². The summed E-state index contributed by atoms with van der Waals surface area (Å²) in [6.45, 7) is 6.17. The molecule has 0 aliphatic rings. The van der Waals surface area contributed by atoms with Gasteiger partial charge >= 0.3 is 0 Å². The lowest BCUT2D eigenvalue weighted by Gasteiger charge is -2.16. The Morgan fingerprint density at radius 2 is 2.00 bits per heavy atom. The number of nitrogens with zero attached hydrogens (tertiary/aromatic N) is 4. The van der Waals surface area contributed by atoms with Crippen LogP contribution in [0.4, 0.5) is 0 Å². The number of hydrogen-bond acceptors (Lipinski definition) is 5. The van der Waals surface area contributed by atoms with Gasteiger partial charge in [0.2, 0.25) is 0 Å². The van der Waals surface area contributed by atoms with Gasteiger partial charge in [-0.2, -0.15) is 0 Å². The third-order valence-corrected chi connectivity index (χ3v) is 5.82. The van der Waals surface area contributed by atoms with Crippen LogP contribution in [0.25, 0.3) is 0 Å². The molecule has 0 aliphatic carbocycles. The summed E-state index contributed by atoms with van der Waals surface area (Å²) in [6, 6.07) is 12.3. The topological polar surface area (TPSA) is 76.4 Å². The molecular weight excluding hydrogens is 396 g/mol. The minimum atomic E-state index is 0.494. The Balaban J connectivity index is 1.62. The molecule has 0 bridgehead atoms. The molecule has 0 saturated carbocycles. The minimum absolute atomic E-state index is 0.494. The SMILES string of the molecule is COc1ccc(CN=C(NCc2nnc(C)n2C)NCC(C)Cc2cccs2)cc1. The van der Waals surface area contributed by atoms with Gasteiger partial charge < -0.3 is 19.9 Å². The number of ether oxygens (including phenoxy) is 1. The number of benzene rings is 1. The first-order chi connectivity index (χ1) is 14.5. The highest BCUT2D eigenvalue weighted by molar-refractivity contribution is 7.09. The van der Waals surface area contributed by atoms with E-state index in [-0.39, 0.29) is 0 Å². The summed E-state index contributed by atoms with van der Waals surface area (Å²) in [7, 11) is 3.64. The fourth-order valence-electron chi connectivity index (χ4n) is 2.96. The lowest BCUT2D eigenvalue weighted by Crippen LogP contribution is -2.40. The van der Waals surface area contributed by atoms with E-state index in [1.165, 1.54) is 4.88 Å². The van der Waals surface area contributed by atoms with Crippen molar-refractivity contribution in [1.82, 2.24) is 25.4 Å². The fourth-order valence-corrected chi connectivity index (χ4v) is 3.83. The Bertz CT molecular complexity index is 933. The van der Waals surface area contributed by atoms with Crippen molar-refractivity contribution < 1.29 is 4.74 Å². The van der Waals surface area contributed by atoms with Crippen molar-refractivity contribution in [3.05, 3.63) is 63.9 Å². The quantitative estimate of drug-likeness (QED) is 0.406. The molecule has 7 nitrogen and oxygen atoms in total. The van der Waals surface area contributed by atoms with E-state index in [1.54, 1.807) is 18.4 Å². The molecule has 2 heterocycles. The zero-order chi connectivity index (χ0) is 21.3. The molecular formula is C22H30N6OS. The van der Waals surface area contributed by atoms with E-state index in [2.05, 4.69) is 45.3 Å². The molecule has 0 aliphatic heterocycles. The Labute approximate surface area is 182 Å². The van der Waals surface area contributed by atoms with E-state index in [0.717, 1.165) is 41.9 Å². The number of thiophene rings is 1. The summed E-state index contributed by atoms with van der Waals surface area (Å²) in [5, 5.41) is 17.3. The summed E-state index contributed by atoms with van der Waals surface area (Å²) in [5.74, 6) is 3.87. The van der Waals surface area contributed by atoms with Crippen molar-refractivity contribution in [2.75, 3.05) is 13.7 Å². The predicted octanol–water partition coefficient (Wildman–Crippen LogP) is 3.31. The van der Waals surface area contributed by atoms with Gasteiger partial charge in [0, 0.05) is 18.5 Å². The van der Waals surface area contributed by atoms with Crippen LogP contribution in [0.15, 0.2) is 46.8 Å². The number of guanidine groups is 1. The number of aliphatic imine (C=N–C) groups is 1. The van der Waals surface area contributed by atoms with Gasteiger partial charge in [0.05, 0.1) is 20.2 Å². The highest BCUT2D eigenvalue weighted by Crippen LogP contribution is 2.14. The lowest BCUT2D eigenvalue weighted by atomic mass is 10.1. The normalized spacial score (nSPS) is 12.6. The molecule has 1 atom stereocenters. The van der Waals surface area contributed by atoms with Crippen molar-refractivity contribution in [2.24, 2.45) is 18.0 Å². The molecule has 8 heteroatoms. The van der Waals surface area contributed by atoms with Crippen LogP contribution in [-0.2, 0) is 26.6 Å².